The predicted molar refractivity (Wildman–Crippen MR) is 238 cm³/mol. The molecular weight excluding hydrogens is 723 g/mol. The van der Waals surface area contributed by atoms with Gasteiger partial charge in [-0.3, -0.25) is 4.98 Å². The number of hydrogen-bond acceptors (Lipinski definition) is 4. The average Bonchev–Trinajstić information content (AvgIpc) is 3.29. The van der Waals surface area contributed by atoms with Gasteiger partial charge in [0, 0.05) is 66.3 Å². The van der Waals surface area contributed by atoms with Crippen LogP contribution in [0.5, 0.6) is 0 Å². The van der Waals surface area contributed by atoms with Crippen molar-refractivity contribution in [1.82, 2.24) is 4.98 Å². The molecule has 56 heavy (non-hydrogen) atoms. The van der Waals surface area contributed by atoms with Gasteiger partial charge in [-0.2, -0.15) is 0 Å². The third-order valence-electron chi connectivity index (χ3n) is 11.0. The fourth-order valence-electron chi connectivity index (χ4n) is 8.32. The Morgan fingerprint density at radius 2 is 0.946 bits per heavy atom. The van der Waals surface area contributed by atoms with E-state index in [1.807, 2.05) is 140 Å². The minimum Gasteiger partial charge on any atom is -0.381 e. The number of rotatable bonds is 7. The summed E-state index contributed by atoms with van der Waals surface area (Å²) < 4.78 is 31.2. The van der Waals surface area contributed by atoms with E-state index in [1.54, 1.807) is 0 Å². The molecule has 0 atom stereocenters. The van der Waals surface area contributed by atoms with Gasteiger partial charge in [-0.15, -0.1) is 0 Å². The van der Waals surface area contributed by atoms with Gasteiger partial charge < -0.3 is 14.4 Å². The second kappa shape index (κ2) is 13.8. The summed E-state index contributed by atoms with van der Waals surface area (Å²) in [4.78, 5) is 4.93. The van der Waals surface area contributed by atoms with E-state index < -0.39 is 14.3 Å². The van der Waals surface area contributed by atoms with E-state index in [-0.39, 0.29) is 0 Å². The monoisotopic (exact) mass is 758 g/mol. The van der Waals surface area contributed by atoms with Crippen LogP contribution >= 0.6 is 14.3 Å². The summed E-state index contributed by atoms with van der Waals surface area (Å²) in [7, 11) is -6.50. The molecule has 9 aromatic rings. The normalized spacial score (nSPS) is 12.8. The van der Waals surface area contributed by atoms with E-state index in [1.165, 1.54) is 0 Å². The van der Waals surface area contributed by atoms with E-state index in [4.69, 9.17) is 4.98 Å². The molecule has 268 valence electrons. The molecule has 0 unspecified atom stereocenters. The van der Waals surface area contributed by atoms with E-state index >= 15 is 9.13 Å². The molecule has 4 nitrogen and oxygen atoms in total. The number of aromatic nitrogens is 1. The lowest BCUT2D eigenvalue weighted by Gasteiger charge is -2.26. The molecule has 8 aromatic carbocycles. The van der Waals surface area contributed by atoms with Gasteiger partial charge in [0.15, 0.2) is 14.3 Å². The topological polar surface area (TPSA) is 59.1 Å². The number of anilines is 1. The molecule has 6 heteroatoms. The molecule has 0 amide bonds. The minimum atomic E-state index is -3.26. The molecule has 0 fully saturated rings. The molecule has 1 aliphatic rings. The number of nitrogens with zero attached hydrogens (tertiary/aromatic N) is 1. The zero-order valence-corrected chi connectivity index (χ0v) is 32.2. The summed E-state index contributed by atoms with van der Waals surface area (Å²) >= 11 is 0. The number of nitrogens with one attached hydrogen (secondary N) is 1. The van der Waals surface area contributed by atoms with Gasteiger partial charge in [-0.25, -0.2) is 0 Å². The maximum absolute atomic E-state index is 15.6. The molecule has 2 heterocycles. The zero-order chi connectivity index (χ0) is 37.7. The molecule has 0 aliphatic carbocycles. The Morgan fingerprint density at radius 3 is 1.50 bits per heavy atom. The first kappa shape index (κ1) is 34.2. The number of pyridine rings is 1. The van der Waals surface area contributed by atoms with Gasteiger partial charge in [-0.1, -0.05) is 164 Å². The van der Waals surface area contributed by atoms with Crippen LogP contribution in [0.25, 0.3) is 49.7 Å². The molecule has 1 aromatic heterocycles. The Balaban J connectivity index is 1.15. The molecule has 0 spiro atoms. The third kappa shape index (κ3) is 5.48. The maximum atomic E-state index is 15.6. The van der Waals surface area contributed by atoms with Crippen LogP contribution in [0.2, 0.25) is 0 Å². The average molecular weight is 759 g/mol. The van der Waals surface area contributed by atoms with Gasteiger partial charge in [0.05, 0.1) is 11.2 Å². The van der Waals surface area contributed by atoms with Crippen LogP contribution in [0.4, 0.5) is 5.69 Å². The van der Waals surface area contributed by atoms with Gasteiger partial charge in [0.25, 0.3) is 0 Å². The number of hydrogen-bond donors (Lipinski definition) is 1. The predicted octanol–water partition coefficient (Wildman–Crippen LogP) is 9.93. The van der Waals surface area contributed by atoms with Crippen molar-refractivity contribution in [3.05, 3.63) is 200 Å². The first-order valence-corrected chi connectivity index (χ1v) is 22.2. The van der Waals surface area contributed by atoms with Crippen LogP contribution < -0.4 is 37.1 Å². The fraction of sp³-hybridized carbons (Fsp3) is 0.0200. The van der Waals surface area contributed by atoms with E-state index in [9.17, 15) is 0 Å². The Kier molecular flexibility index (Phi) is 8.41. The lowest BCUT2D eigenvalue weighted by molar-refractivity contribution is 0.591. The number of fused-ring (bicyclic) bond motifs is 6. The SMILES string of the molecule is O=P(c1ccccc1)(c1ccccc1)c1cc2ccc(-c3ccc4cc(P(=O)(c5ccccc5)c5ccccc5)c5cccnc5c4c3)cc2c2c1C=CCN2. The molecule has 0 saturated carbocycles. The van der Waals surface area contributed by atoms with Crippen molar-refractivity contribution in [2.75, 3.05) is 11.9 Å². The van der Waals surface area contributed by atoms with Gasteiger partial charge in [0.1, 0.15) is 0 Å². The summed E-state index contributed by atoms with van der Waals surface area (Å²) in [6, 6.07) is 60.6. The lowest BCUT2D eigenvalue weighted by Crippen LogP contribution is -2.28. The molecule has 0 saturated heterocycles. The Bertz CT molecular complexity index is 2990. The fourth-order valence-corrected chi connectivity index (χ4v) is 14.1. The summed E-state index contributed by atoms with van der Waals surface area (Å²) in [5, 5.41) is 13.4. The highest BCUT2D eigenvalue weighted by atomic mass is 31.2. The van der Waals surface area contributed by atoms with E-state index in [2.05, 4.69) is 66.0 Å². The molecular formula is C50H36N2O2P2. The highest BCUT2D eigenvalue weighted by molar-refractivity contribution is 7.86. The molecule has 1 N–H and O–H groups in total. The van der Waals surface area contributed by atoms with Crippen molar-refractivity contribution < 1.29 is 9.13 Å². The summed E-state index contributed by atoms with van der Waals surface area (Å²) in [5.74, 6) is 0. The van der Waals surface area contributed by atoms with Crippen LogP contribution in [0.3, 0.4) is 0 Å². The molecule has 0 radical (unpaired) electrons. The first-order chi connectivity index (χ1) is 27.5. The van der Waals surface area contributed by atoms with Crippen molar-refractivity contribution in [2.45, 2.75) is 0 Å². The first-order valence-electron chi connectivity index (χ1n) is 18.8. The van der Waals surface area contributed by atoms with Gasteiger partial charge in [0.2, 0.25) is 0 Å². The zero-order valence-electron chi connectivity index (χ0n) is 30.4. The largest absolute Gasteiger partial charge is 0.381 e. The van der Waals surface area contributed by atoms with Crippen molar-refractivity contribution in [3.8, 4) is 11.1 Å². The maximum Gasteiger partial charge on any atom is 0.171 e. The third-order valence-corrected chi connectivity index (χ3v) is 17.2. The Hall–Kier alpha value is -6.31. The van der Waals surface area contributed by atoms with Crippen molar-refractivity contribution >= 4 is 90.3 Å². The minimum absolute atomic E-state index is 0.683. The molecule has 0 bridgehead atoms. The standard InChI is InChI=1S/C50H36N2O2P2/c53-55(39-15-5-1-6-16-39,40-17-7-2-8-18-40)47-33-37-27-25-35(31-45(37)49-43(47)23-13-29-51-49)36-26-28-38-34-48(44-24-14-30-52-50(44)46(38)32-36)56(54,41-19-9-3-10-20-41)42-21-11-4-12-22-42/h1-29,31-34,52H,30H2. The Labute approximate surface area is 326 Å². The van der Waals surface area contributed by atoms with Crippen molar-refractivity contribution in [1.29, 1.82) is 0 Å². The van der Waals surface area contributed by atoms with Crippen LogP contribution in [0.15, 0.2) is 194 Å². The Morgan fingerprint density at radius 1 is 0.464 bits per heavy atom. The van der Waals surface area contributed by atoms with E-state index in [0.29, 0.717) is 6.54 Å². The van der Waals surface area contributed by atoms with Crippen molar-refractivity contribution in [3.63, 3.8) is 0 Å². The van der Waals surface area contributed by atoms with Crippen LogP contribution in [-0.2, 0) is 9.13 Å². The molecule has 1 aliphatic heterocycles. The van der Waals surface area contributed by atoms with Crippen molar-refractivity contribution in [2.24, 2.45) is 0 Å². The van der Waals surface area contributed by atoms with Gasteiger partial charge in [-0.05, 0) is 52.2 Å². The second-order valence-corrected chi connectivity index (χ2v) is 19.7. The highest BCUT2D eigenvalue weighted by Gasteiger charge is 2.34. The second-order valence-electron chi connectivity index (χ2n) is 14.2. The summed E-state index contributed by atoms with van der Waals surface area (Å²) in [6.45, 7) is 0.683. The van der Waals surface area contributed by atoms with Crippen LogP contribution in [0, 0.1) is 0 Å². The van der Waals surface area contributed by atoms with Crippen LogP contribution in [-0.4, -0.2) is 11.5 Å². The highest BCUT2D eigenvalue weighted by Crippen LogP contribution is 2.48. The quantitative estimate of drug-likeness (QED) is 0.130. The lowest BCUT2D eigenvalue weighted by atomic mass is 9.95. The number of benzene rings is 8. The molecule has 10 rings (SSSR count). The summed E-state index contributed by atoms with van der Waals surface area (Å²) in [6.07, 6.45) is 6.05. The van der Waals surface area contributed by atoms with E-state index in [0.717, 1.165) is 86.7 Å². The smallest absolute Gasteiger partial charge is 0.171 e. The summed E-state index contributed by atoms with van der Waals surface area (Å²) in [5.41, 5.74) is 4.88. The van der Waals surface area contributed by atoms with Crippen LogP contribution in [0.1, 0.15) is 5.56 Å². The van der Waals surface area contributed by atoms with Gasteiger partial charge >= 0.3 is 0 Å².